The summed E-state index contributed by atoms with van der Waals surface area (Å²) in [4.78, 5) is 66.4. The van der Waals surface area contributed by atoms with Crippen molar-refractivity contribution in [3.8, 4) is 5.75 Å². The lowest BCUT2D eigenvalue weighted by Crippen LogP contribution is -2.67. The normalized spacial score (nSPS) is 15.6. The Morgan fingerprint density at radius 1 is 0.694 bits per heavy atom. The van der Waals surface area contributed by atoms with E-state index in [1.165, 1.54) is 18.2 Å². The van der Waals surface area contributed by atoms with Gasteiger partial charge in [-0.2, -0.15) is 0 Å². The van der Waals surface area contributed by atoms with Gasteiger partial charge in [0.25, 0.3) is 0 Å². The molecule has 0 radical (unpaired) electrons. The van der Waals surface area contributed by atoms with Crippen molar-refractivity contribution in [3.63, 3.8) is 0 Å². The van der Waals surface area contributed by atoms with Crippen molar-refractivity contribution in [1.29, 1.82) is 0 Å². The number of benzene rings is 4. The van der Waals surface area contributed by atoms with Crippen LogP contribution in [0.15, 0.2) is 103 Å². The number of aromatic hydroxyl groups is 1. The molecule has 4 aromatic carbocycles. The Kier molecular flexibility index (Phi) is 10.6. The van der Waals surface area contributed by atoms with Gasteiger partial charge in [-0.05, 0) is 85.8 Å². The van der Waals surface area contributed by atoms with Crippen LogP contribution in [-0.4, -0.2) is 51.4 Å². The van der Waals surface area contributed by atoms with Gasteiger partial charge >= 0.3 is 17.9 Å². The first kappa shape index (κ1) is 34.6. The summed E-state index contributed by atoms with van der Waals surface area (Å²) < 4.78 is 16.4. The third kappa shape index (κ3) is 8.98. The number of β-lactam (4-membered cyclic amide) rings is 1. The Morgan fingerprint density at radius 3 is 1.98 bits per heavy atom. The van der Waals surface area contributed by atoms with Crippen molar-refractivity contribution in [3.05, 3.63) is 137 Å². The van der Waals surface area contributed by atoms with Gasteiger partial charge in [0.05, 0.1) is 23.5 Å². The number of ether oxygens (including phenoxy) is 3. The Bertz CT molecular complexity index is 1830. The second kappa shape index (κ2) is 15.0. The zero-order chi connectivity index (χ0) is 35.1. The van der Waals surface area contributed by atoms with Crippen LogP contribution in [0.5, 0.6) is 5.75 Å². The Morgan fingerprint density at radius 2 is 1.31 bits per heavy atom. The fraction of sp³-hybridized carbons (Fsp3) is 0.256. The summed E-state index contributed by atoms with van der Waals surface area (Å²) in [6.07, 6.45) is -0.0939. The van der Waals surface area contributed by atoms with Crippen LogP contribution in [0.3, 0.4) is 0 Å². The Labute approximate surface area is 284 Å². The van der Waals surface area contributed by atoms with Gasteiger partial charge in [0, 0.05) is 0 Å². The number of imide groups is 1. The van der Waals surface area contributed by atoms with Gasteiger partial charge in [-0.3, -0.25) is 14.5 Å². The summed E-state index contributed by atoms with van der Waals surface area (Å²) in [6, 6.07) is 27.1. The fourth-order valence-corrected chi connectivity index (χ4v) is 5.37. The molecule has 0 saturated carbocycles. The lowest BCUT2D eigenvalue weighted by Gasteiger charge is -2.44. The highest BCUT2D eigenvalue weighted by Crippen LogP contribution is 2.33. The molecule has 2 amide bonds. The number of hydrogen-bond donors (Lipinski definition) is 1. The molecule has 252 valence electrons. The van der Waals surface area contributed by atoms with Gasteiger partial charge in [-0.1, -0.05) is 66.7 Å². The van der Waals surface area contributed by atoms with E-state index in [1.807, 2.05) is 30.3 Å². The fourth-order valence-electron chi connectivity index (χ4n) is 5.37. The van der Waals surface area contributed by atoms with Crippen LogP contribution in [0, 0.1) is 5.92 Å². The number of nitrogens with zero attached hydrogens (tertiary/aromatic N) is 1. The number of hydrogen-bond acceptors (Lipinski definition) is 9. The highest BCUT2D eigenvalue weighted by atomic mass is 16.6. The molecule has 4 aromatic rings. The lowest BCUT2D eigenvalue weighted by atomic mass is 9.81. The molecule has 2 atom stereocenters. The van der Waals surface area contributed by atoms with Gasteiger partial charge in [0.1, 0.15) is 30.6 Å². The zero-order valence-electron chi connectivity index (χ0n) is 27.5. The van der Waals surface area contributed by atoms with E-state index in [9.17, 15) is 29.1 Å². The molecule has 1 saturated heterocycles. The number of rotatable bonds is 11. The molecule has 10 nitrogen and oxygen atoms in total. The Hall–Kier alpha value is -5.77. The predicted octanol–water partition coefficient (Wildman–Crippen LogP) is 5.59. The molecule has 1 fully saturated rings. The first-order valence-electron chi connectivity index (χ1n) is 15.8. The molecule has 1 heterocycles. The topological polar surface area (TPSA) is 137 Å². The summed E-state index contributed by atoms with van der Waals surface area (Å²) in [5.41, 5.74) is 2.52. The van der Waals surface area contributed by atoms with Gasteiger partial charge in [0.15, 0.2) is 0 Å². The van der Waals surface area contributed by atoms with E-state index in [4.69, 9.17) is 14.2 Å². The van der Waals surface area contributed by atoms with Crippen LogP contribution >= 0.6 is 0 Å². The molecule has 1 N–H and O–H groups in total. The van der Waals surface area contributed by atoms with E-state index >= 15 is 0 Å². The summed E-state index contributed by atoms with van der Waals surface area (Å²) in [6.45, 7) is 5.25. The number of phenolic OH excluding ortho intramolecular Hbond substituents is 1. The quantitative estimate of drug-likeness (QED) is 0.124. The predicted molar refractivity (Wildman–Crippen MR) is 178 cm³/mol. The average molecular weight is 664 g/mol. The molecule has 1 aliphatic rings. The SMILES string of the molecule is CC(C)(C)OC(=O)c1ccc(COC(=O)[C@@H]2[C@H](Cc3ccc(O)cc3)C(=O)N2C(=O)Cc2cccc(C(=O)OCc3ccccc3)c2)cc1. The first-order valence-corrected chi connectivity index (χ1v) is 15.8. The van der Waals surface area contributed by atoms with Crippen LogP contribution in [0.1, 0.15) is 63.7 Å². The molecule has 0 bridgehead atoms. The van der Waals surface area contributed by atoms with E-state index in [2.05, 4.69) is 0 Å². The number of esters is 3. The summed E-state index contributed by atoms with van der Waals surface area (Å²) in [7, 11) is 0. The number of carbonyl (C=O) groups is 5. The maximum atomic E-state index is 13.5. The highest BCUT2D eigenvalue weighted by molar-refractivity contribution is 6.09. The Balaban J connectivity index is 1.27. The second-order valence-corrected chi connectivity index (χ2v) is 12.8. The molecule has 0 unspecified atom stereocenters. The van der Waals surface area contributed by atoms with E-state index in [0.29, 0.717) is 22.3 Å². The van der Waals surface area contributed by atoms with Crippen molar-refractivity contribution in [1.82, 2.24) is 4.90 Å². The summed E-state index contributed by atoms with van der Waals surface area (Å²) in [5, 5.41) is 9.67. The third-order valence-corrected chi connectivity index (χ3v) is 7.82. The van der Waals surface area contributed by atoms with Crippen LogP contribution < -0.4 is 0 Å². The molecule has 0 aliphatic carbocycles. The number of likely N-dealkylation sites (tertiary alicyclic amines) is 1. The lowest BCUT2D eigenvalue weighted by molar-refractivity contribution is -0.180. The van der Waals surface area contributed by atoms with Crippen LogP contribution in [0.25, 0.3) is 0 Å². The van der Waals surface area contributed by atoms with Gasteiger partial charge in [0.2, 0.25) is 11.8 Å². The highest BCUT2D eigenvalue weighted by Gasteiger charge is 2.54. The molecular formula is C39H37NO9. The first-order chi connectivity index (χ1) is 23.4. The molecule has 1 aliphatic heterocycles. The van der Waals surface area contributed by atoms with Gasteiger partial charge < -0.3 is 19.3 Å². The number of amides is 2. The third-order valence-electron chi connectivity index (χ3n) is 7.82. The molecule has 5 rings (SSSR count). The minimum atomic E-state index is -1.19. The number of phenols is 1. The van der Waals surface area contributed by atoms with Crippen molar-refractivity contribution in [2.24, 2.45) is 5.92 Å². The van der Waals surface area contributed by atoms with Crippen LogP contribution in [0.2, 0.25) is 0 Å². The standard InChI is InChI=1S/C39H37NO9/c1-39(2,3)49-37(45)29-16-12-27(13-17-29)24-48-38(46)34-32(21-25-14-18-31(41)19-15-25)35(43)40(34)33(42)22-28-10-7-11-30(20-28)36(44)47-23-26-8-5-4-6-9-26/h4-20,32,34,41H,21-24H2,1-3H3/t32-,34-/m0/s1. The molecule has 0 spiro atoms. The average Bonchev–Trinajstić information content (AvgIpc) is 3.08. The number of carbonyl (C=O) groups excluding carboxylic acids is 5. The van der Waals surface area contributed by atoms with E-state index < -0.39 is 47.3 Å². The smallest absolute Gasteiger partial charge is 0.338 e. The van der Waals surface area contributed by atoms with Crippen molar-refractivity contribution in [2.75, 3.05) is 0 Å². The largest absolute Gasteiger partial charge is 0.508 e. The van der Waals surface area contributed by atoms with Crippen molar-refractivity contribution in [2.45, 2.75) is 58.5 Å². The van der Waals surface area contributed by atoms with E-state index in [0.717, 1.165) is 10.5 Å². The van der Waals surface area contributed by atoms with Crippen LogP contribution in [0.4, 0.5) is 0 Å². The summed E-state index contributed by atoms with van der Waals surface area (Å²) in [5.74, 6) is -3.76. The van der Waals surface area contributed by atoms with Crippen LogP contribution in [-0.2, 0) is 54.6 Å². The van der Waals surface area contributed by atoms with Crippen molar-refractivity contribution < 1.29 is 43.3 Å². The minimum absolute atomic E-state index is 0.0558. The zero-order valence-corrected chi connectivity index (χ0v) is 27.5. The molecule has 49 heavy (non-hydrogen) atoms. The molecular weight excluding hydrogens is 626 g/mol. The van der Waals surface area contributed by atoms with Gasteiger partial charge in [-0.25, -0.2) is 14.4 Å². The molecule has 10 heteroatoms. The van der Waals surface area contributed by atoms with Gasteiger partial charge in [-0.15, -0.1) is 0 Å². The van der Waals surface area contributed by atoms with E-state index in [1.54, 1.807) is 75.4 Å². The van der Waals surface area contributed by atoms with Crippen molar-refractivity contribution >= 4 is 29.7 Å². The maximum Gasteiger partial charge on any atom is 0.338 e. The van der Waals surface area contributed by atoms with E-state index in [-0.39, 0.29) is 37.4 Å². The minimum Gasteiger partial charge on any atom is -0.508 e. The molecule has 0 aromatic heterocycles. The summed E-state index contributed by atoms with van der Waals surface area (Å²) >= 11 is 0. The maximum absolute atomic E-state index is 13.5. The monoisotopic (exact) mass is 663 g/mol. The second-order valence-electron chi connectivity index (χ2n) is 12.8.